The van der Waals surface area contributed by atoms with Crippen molar-refractivity contribution in [3.63, 3.8) is 0 Å². The van der Waals surface area contributed by atoms with Crippen LogP contribution in [0.2, 0.25) is 0 Å². The van der Waals surface area contributed by atoms with E-state index in [1.54, 1.807) is 6.92 Å². The fraction of sp³-hybridized carbons (Fsp3) is 0.571. The monoisotopic (exact) mass is 405 g/mol. The molecule has 0 aliphatic carbocycles. The molecule has 0 bridgehead atoms. The molecule has 2 aromatic heterocycles. The molecule has 0 radical (unpaired) electrons. The largest absolute Gasteiger partial charge is 0.417 e. The van der Waals surface area contributed by atoms with Crippen LogP contribution in [-0.4, -0.2) is 52.8 Å². The topological polar surface area (TPSA) is 45.2 Å². The van der Waals surface area contributed by atoms with Crippen LogP contribution >= 0.6 is 0 Å². The van der Waals surface area contributed by atoms with E-state index in [1.807, 2.05) is 6.92 Å². The molecule has 1 atom stereocenters. The van der Waals surface area contributed by atoms with Gasteiger partial charge in [0.15, 0.2) is 5.82 Å². The number of likely N-dealkylation sites (tertiary alicyclic amines) is 1. The molecule has 0 unspecified atom stereocenters. The SMILES string of the molecule is Cc1cc(C(F)(F)F)cnc1-c1nnc2c(c1C)CCCN2[C@@H]1CCCN(C)C1. The fourth-order valence-corrected chi connectivity index (χ4v) is 4.56. The maximum absolute atomic E-state index is 13.0. The number of likely N-dealkylation sites (N-methyl/N-ethyl adjacent to an activating group) is 1. The molecule has 156 valence electrons. The quantitative estimate of drug-likeness (QED) is 0.755. The summed E-state index contributed by atoms with van der Waals surface area (Å²) in [4.78, 5) is 8.83. The third-order valence-electron chi connectivity index (χ3n) is 6.09. The number of rotatable bonds is 2. The maximum atomic E-state index is 13.0. The van der Waals surface area contributed by atoms with Gasteiger partial charge in [-0.2, -0.15) is 13.2 Å². The standard InChI is InChI=1S/C21H26F3N5/c1-13-10-15(21(22,23)24)11-25-18(13)19-14(2)17-7-5-9-29(20(17)27-26-19)16-6-4-8-28(3)12-16/h10-11,16H,4-9,12H2,1-3H3/t16-/m1/s1. The van der Waals surface area contributed by atoms with Crippen LogP contribution in [0.25, 0.3) is 11.4 Å². The van der Waals surface area contributed by atoms with Crippen molar-refractivity contribution < 1.29 is 13.2 Å². The summed E-state index contributed by atoms with van der Waals surface area (Å²) in [6, 6.07) is 1.56. The third-order valence-corrected chi connectivity index (χ3v) is 6.09. The van der Waals surface area contributed by atoms with E-state index >= 15 is 0 Å². The number of nitrogens with zero attached hydrogens (tertiary/aromatic N) is 5. The number of piperidine rings is 1. The number of alkyl halides is 3. The van der Waals surface area contributed by atoms with Crippen LogP contribution in [0.3, 0.4) is 0 Å². The van der Waals surface area contributed by atoms with E-state index < -0.39 is 11.7 Å². The van der Waals surface area contributed by atoms with Crippen LogP contribution < -0.4 is 4.90 Å². The Kier molecular flexibility index (Phi) is 5.23. The number of aryl methyl sites for hydroxylation is 1. The number of hydrogen-bond acceptors (Lipinski definition) is 5. The smallest absolute Gasteiger partial charge is 0.351 e. The Morgan fingerprint density at radius 3 is 2.55 bits per heavy atom. The lowest BCUT2D eigenvalue weighted by Gasteiger charge is -2.41. The Labute approximate surface area is 168 Å². The molecule has 1 saturated heterocycles. The van der Waals surface area contributed by atoms with Gasteiger partial charge < -0.3 is 9.80 Å². The summed E-state index contributed by atoms with van der Waals surface area (Å²) >= 11 is 0. The summed E-state index contributed by atoms with van der Waals surface area (Å²) < 4.78 is 38.9. The lowest BCUT2D eigenvalue weighted by Crippen LogP contribution is -2.49. The number of aromatic nitrogens is 3. The van der Waals surface area contributed by atoms with E-state index in [1.165, 1.54) is 6.42 Å². The minimum Gasteiger partial charge on any atom is -0.351 e. The van der Waals surface area contributed by atoms with Crippen LogP contribution in [0.4, 0.5) is 19.0 Å². The van der Waals surface area contributed by atoms with E-state index in [0.29, 0.717) is 23.0 Å². The molecule has 0 spiro atoms. The highest BCUT2D eigenvalue weighted by molar-refractivity contribution is 5.67. The van der Waals surface area contributed by atoms with Crippen molar-refractivity contribution >= 4 is 5.82 Å². The molecule has 4 rings (SSSR count). The summed E-state index contributed by atoms with van der Waals surface area (Å²) in [5, 5.41) is 8.98. The molecular formula is C21H26F3N5. The van der Waals surface area contributed by atoms with Gasteiger partial charge in [-0.05, 0) is 70.3 Å². The number of halogens is 3. The second-order valence-corrected chi connectivity index (χ2v) is 8.22. The van der Waals surface area contributed by atoms with Crippen molar-refractivity contribution in [1.29, 1.82) is 0 Å². The molecule has 4 heterocycles. The van der Waals surface area contributed by atoms with Gasteiger partial charge in [0.2, 0.25) is 0 Å². The van der Waals surface area contributed by atoms with Crippen LogP contribution in [0.5, 0.6) is 0 Å². The highest BCUT2D eigenvalue weighted by Gasteiger charge is 2.33. The first-order valence-electron chi connectivity index (χ1n) is 10.1. The molecule has 2 aliphatic rings. The Bertz CT molecular complexity index is 912. The van der Waals surface area contributed by atoms with E-state index in [4.69, 9.17) is 0 Å². The Hall–Kier alpha value is -2.22. The highest BCUT2D eigenvalue weighted by Crippen LogP contribution is 2.36. The first kappa shape index (κ1) is 20.1. The highest BCUT2D eigenvalue weighted by atomic mass is 19.4. The third kappa shape index (κ3) is 3.82. The minimum atomic E-state index is -4.40. The van der Waals surface area contributed by atoms with Crippen molar-refractivity contribution in [3.8, 4) is 11.4 Å². The molecular weight excluding hydrogens is 379 g/mol. The van der Waals surface area contributed by atoms with Gasteiger partial charge in [-0.25, -0.2) is 0 Å². The van der Waals surface area contributed by atoms with Gasteiger partial charge in [0.1, 0.15) is 5.69 Å². The predicted molar refractivity (Wildman–Crippen MR) is 106 cm³/mol. The van der Waals surface area contributed by atoms with Gasteiger partial charge in [0.25, 0.3) is 0 Å². The first-order valence-corrected chi connectivity index (χ1v) is 10.1. The molecule has 8 heteroatoms. The number of anilines is 1. The molecule has 0 saturated carbocycles. The second kappa shape index (κ2) is 7.55. The zero-order valence-corrected chi connectivity index (χ0v) is 17.1. The van der Waals surface area contributed by atoms with Gasteiger partial charge in [-0.3, -0.25) is 4.98 Å². The van der Waals surface area contributed by atoms with Gasteiger partial charge in [0.05, 0.1) is 11.3 Å². The number of pyridine rings is 1. The lowest BCUT2D eigenvalue weighted by atomic mass is 9.95. The van der Waals surface area contributed by atoms with Gasteiger partial charge in [-0.1, -0.05) is 0 Å². The normalized spacial score (nSPS) is 20.6. The zero-order valence-electron chi connectivity index (χ0n) is 17.1. The van der Waals surface area contributed by atoms with Gasteiger partial charge in [-0.15, -0.1) is 10.2 Å². The lowest BCUT2D eigenvalue weighted by molar-refractivity contribution is -0.137. The summed E-state index contributed by atoms with van der Waals surface area (Å²) in [6.07, 6.45) is 0.743. The van der Waals surface area contributed by atoms with E-state index in [-0.39, 0.29) is 0 Å². The molecule has 0 N–H and O–H groups in total. The summed E-state index contributed by atoms with van der Waals surface area (Å²) in [5.41, 5.74) is 2.89. The van der Waals surface area contributed by atoms with E-state index in [9.17, 15) is 13.2 Å². The molecule has 0 aromatic carbocycles. The van der Waals surface area contributed by atoms with Crippen molar-refractivity contribution in [3.05, 3.63) is 34.5 Å². The minimum absolute atomic E-state index is 0.429. The molecule has 1 fully saturated rings. The Morgan fingerprint density at radius 2 is 1.86 bits per heavy atom. The summed E-state index contributed by atoms with van der Waals surface area (Å²) in [7, 11) is 2.15. The van der Waals surface area contributed by atoms with Crippen LogP contribution in [0.15, 0.2) is 12.3 Å². The molecule has 2 aliphatic heterocycles. The van der Waals surface area contributed by atoms with Crippen molar-refractivity contribution in [2.45, 2.75) is 51.7 Å². The number of hydrogen-bond donors (Lipinski definition) is 0. The maximum Gasteiger partial charge on any atom is 0.417 e. The summed E-state index contributed by atoms with van der Waals surface area (Å²) in [5.74, 6) is 0.933. The Balaban J connectivity index is 1.70. The van der Waals surface area contributed by atoms with Gasteiger partial charge in [0, 0.05) is 30.9 Å². The van der Waals surface area contributed by atoms with Crippen molar-refractivity contribution in [1.82, 2.24) is 20.1 Å². The van der Waals surface area contributed by atoms with Crippen LogP contribution in [0.1, 0.15) is 41.5 Å². The van der Waals surface area contributed by atoms with Gasteiger partial charge >= 0.3 is 6.18 Å². The first-order chi connectivity index (χ1) is 13.8. The summed E-state index contributed by atoms with van der Waals surface area (Å²) in [6.45, 7) is 6.73. The predicted octanol–water partition coefficient (Wildman–Crippen LogP) is 4.02. The average molecular weight is 405 g/mol. The van der Waals surface area contributed by atoms with Crippen molar-refractivity contribution in [2.24, 2.45) is 0 Å². The number of fused-ring (bicyclic) bond motifs is 1. The molecule has 5 nitrogen and oxygen atoms in total. The van der Waals surface area contributed by atoms with E-state index in [0.717, 1.165) is 68.1 Å². The molecule has 0 amide bonds. The Morgan fingerprint density at radius 1 is 1.07 bits per heavy atom. The second-order valence-electron chi connectivity index (χ2n) is 8.22. The van der Waals surface area contributed by atoms with Crippen LogP contribution in [-0.2, 0) is 12.6 Å². The van der Waals surface area contributed by atoms with Crippen molar-refractivity contribution in [2.75, 3.05) is 31.6 Å². The molecule has 2 aromatic rings. The van der Waals surface area contributed by atoms with Crippen LogP contribution in [0, 0.1) is 13.8 Å². The average Bonchev–Trinajstić information content (AvgIpc) is 2.68. The fourth-order valence-electron chi connectivity index (χ4n) is 4.56. The van der Waals surface area contributed by atoms with E-state index in [2.05, 4.69) is 32.0 Å². The molecule has 29 heavy (non-hydrogen) atoms. The zero-order chi connectivity index (χ0) is 20.8.